The summed E-state index contributed by atoms with van der Waals surface area (Å²) in [5.41, 5.74) is 5.67. The Bertz CT molecular complexity index is 586. The number of nitrogens with one attached hydrogen (secondary N) is 2. The standard InChI is InChI=1S/C17H25N3O3S/c1-12(13-6-7-16(22-3)14(9-13)11-21-2)19-20-17(24)18-10-15-5-4-8-23-15/h6-7,9,15H,4-5,8,10-11H2,1-3H3,(H2,18,20,24)/b19-12-/t15-/m1/s1. The Morgan fingerprint density at radius 2 is 2.25 bits per heavy atom. The topological polar surface area (TPSA) is 64.1 Å². The van der Waals surface area contributed by atoms with E-state index < -0.39 is 0 Å². The molecule has 0 bridgehead atoms. The molecule has 2 rings (SSSR count). The van der Waals surface area contributed by atoms with E-state index in [9.17, 15) is 0 Å². The van der Waals surface area contributed by atoms with E-state index >= 15 is 0 Å². The van der Waals surface area contributed by atoms with Crippen molar-refractivity contribution in [3.05, 3.63) is 29.3 Å². The van der Waals surface area contributed by atoms with Crippen LogP contribution in [0.1, 0.15) is 30.9 Å². The van der Waals surface area contributed by atoms with Crippen LogP contribution in [0.4, 0.5) is 0 Å². The van der Waals surface area contributed by atoms with Crippen LogP contribution in [0.2, 0.25) is 0 Å². The molecule has 7 heteroatoms. The van der Waals surface area contributed by atoms with Crippen LogP contribution < -0.4 is 15.5 Å². The van der Waals surface area contributed by atoms with Crippen molar-refractivity contribution in [2.75, 3.05) is 27.4 Å². The van der Waals surface area contributed by atoms with Crippen molar-refractivity contribution in [1.29, 1.82) is 0 Å². The highest BCUT2D eigenvalue weighted by molar-refractivity contribution is 7.80. The van der Waals surface area contributed by atoms with Crippen LogP contribution in [0.15, 0.2) is 23.3 Å². The molecular weight excluding hydrogens is 326 g/mol. The minimum absolute atomic E-state index is 0.244. The first-order valence-electron chi connectivity index (χ1n) is 8.00. The molecule has 6 nitrogen and oxygen atoms in total. The Morgan fingerprint density at radius 1 is 1.42 bits per heavy atom. The average molecular weight is 351 g/mol. The third-order valence-corrected chi connectivity index (χ3v) is 4.07. The fourth-order valence-corrected chi connectivity index (χ4v) is 2.65. The van der Waals surface area contributed by atoms with Gasteiger partial charge in [-0.1, -0.05) is 0 Å². The molecule has 1 aromatic carbocycles. The van der Waals surface area contributed by atoms with Gasteiger partial charge in [-0.15, -0.1) is 0 Å². The van der Waals surface area contributed by atoms with Crippen LogP contribution >= 0.6 is 12.2 Å². The first-order valence-corrected chi connectivity index (χ1v) is 8.40. The fourth-order valence-electron chi connectivity index (χ4n) is 2.52. The molecule has 24 heavy (non-hydrogen) atoms. The molecule has 1 fully saturated rings. The second kappa shape index (κ2) is 9.56. The summed E-state index contributed by atoms with van der Waals surface area (Å²) in [6.07, 6.45) is 2.44. The zero-order chi connectivity index (χ0) is 17.4. The van der Waals surface area contributed by atoms with Gasteiger partial charge in [-0.3, -0.25) is 5.43 Å². The van der Waals surface area contributed by atoms with Gasteiger partial charge in [0.1, 0.15) is 5.75 Å². The Labute approximate surface area is 148 Å². The highest BCUT2D eigenvalue weighted by Crippen LogP contribution is 2.21. The maximum atomic E-state index is 5.55. The van der Waals surface area contributed by atoms with Crippen LogP contribution in [0.25, 0.3) is 0 Å². The van der Waals surface area contributed by atoms with Crippen LogP contribution in [0.3, 0.4) is 0 Å². The van der Waals surface area contributed by atoms with E-state index in [1.54, 1.807) is 14.2 Å². The number of benzene rings is 1. The number of ether oxygens (including phenoxy) is 3. The monoisotopic (exact) mass is 351 g/mol. The average Bonchev–Trinajstić information content (AvgIpc) is 3.11. The molecular formula is C17H25N3O3S. The number of hydrogen-bond donors (Lipinski definition) is 2. The van der Waals surface area contributed by atoms with Gasteiger partial charge in [0.15, 0.2) is 5.11 Å². The normalized spacial score (nSPS) is 17.6. The predicted molar refractivity (Wildman–Crippen MR) is 98.6 cm³/mol. The largest absolute Gasteiger partial charge is 0.496 e. The second-order valence-corrected chi connectivity index (χ2v) is 6.02. The Hall–Kier alpha value is -1.70. The lowest BCUT2D eigenvalue weighted by Crippen LogP contribution is -2.37. The summed E-state index contributed by atoms with van der Waals surface area (Å²) in [7, 11) is 3.31. The SMILES string of the molecule is COCc1cc(/C(C)=N\NC(=S)NC[C@H]2CCCO2)ccc1OC. The first-order chi connectivity index (χ1) is 11.6. The zero-order valence-electron chi connectivity index (χ0n) is 14.4. The molecule has 132 valence electrons. The molecule has 1 heterocycles. The van der Waals surface area contributed by atoms with Crippen molar-refractivity contribution in [3.8, 4) is 5.75 Å². The number of rotatable bonds is 7. The van der Waals surface area contributed by atoms with E-state index in [4.69, 9.17) is 26.4 Å². The molecule has 0 unspecified atom stereocenters. The summed E-state index contributed by atoms with van der Waals surface area (Å²) >= 11 is 5.24. The highest BCUT2D eigenvalue weighted by atomic mass is 32.1. The van der Waals surface area contributed by atoms with Crippen molar-refractivity contribution in [3.63, 3.8) is 0 Å². The molecule has 1 saturated heterocycles. The molecule has 0 radical (unpaired) electrons. The summed E-state index contributed by atoms with van der Waals surface area (Å²) in [6, 6.07) is 5.88. The molecule has 0 spiro atoms. The molecule has 0 saturated carbocycles. The molecule has 0 amide bonds. The van der Waals surface area contributed by atoms with Crippen LogP contribution in [-0.4, -0.2) is 44.3 Å². The summed E-state index contributed by atoms with van der Waals surface area (Å²) in [5.74, 6) is 0.801. The lowest BCUT2D eigenvalue weighted by atomic mass is 10.1. The van der Waals surface area contributed by atoms with Gasteiger partial charge in [0.25, 0.3) is 0 Å². The van der Waals surface area contributed by atoms with Crippen LogP contribution in [0.5, 0.6) is 5.75 Å². The van der Waals surface area contributed by atoms with Gasteiger partial charge in [0, 0.05) is 25.8 Å². The molecule has 1 aliphatic rings. The van der Waals surface area contributed by atoms with Crippen LogP contribution in [-0.2, 0) is 16.1 Å². The molecule has 2 N–H and O–H groups in total. The van der Waals surface area contributed by atoms with E-state index in [0.29, 0.717) is 18.3 Å². The molecule has 1 aliphatic heterocycles. The lowest BCUT2D eigenvalue weighted by Gasteiger charge is -2.13. The van der Waals surface area contributed by atoms with Gasteiger partial charge >= 0.3 is 0 Å². The second-order valence-electron chi connectivity index (χ2n) is 5.61. The predicted octanol–water partition coefficient (Wildman–Crippen LogP) is 2.21. The summed E-state index contributed by atoms with van der Waals surface area (Å²) < 4.78 is 16.1. The summed E-state index contributed by atoms with van der Waals surface area (Å²) in [5, 5.41) is 7.96. The number of hydrazone groups is 1. The molecule has 1 aromatic rings. The lowest BCUT2D eigenvalue weighted by molar-refractivity contribution is 0.114. The van der Waals surface area contributed by atoms with Crippen molar-refractivity contribution < 1.29 is 14.2 Å². The van der Waals surface area contributed by atoms with E-state index in [0.717, 1.165) is 42.0 Å². The Kier molecular flexibility index (Phi) is 7.42. The van der Waals surface area contributed by atoms with Gasteiger partial charge < -0.3 is 19.5 Å². The van der Waals surface area contributed by atoms with E-state index in [-0.39, 0.29) is 6.10 Å². The third kappa shape index (κ3) is 5.43. The minimum Gasteiger partial charge on any atom is -0.496 e. The number of nitrogens with zero attached hydrogens (tertiary/aromatic N) is 1. The quantitative estimate of drug-likeness (QED) is 0.446. The van der Waals surface area contributed by atoms with Crippen molar-refractivity contribution in [2.24, 2.45) is 5.10 Å². The molecule has 0 aliphatic carbocycles. The van der Waals surface area contributed by atoms with Crippen LogP contribution in [0, 0.1) is 0 Å². The van der Waals surface area contributed by atoms with E-state index in [1.165, 1.54) is 0 Å². The zero-order valence-corrected chi connectivity index (χ0v) is 15.2. The van der Waals surface area contributed by atoms with Gasteiger partial charge in [0.2, 0.25) is 0 Å². The first kappa shape index (κ1) is 18.6. The van der Waals surface area contributed by atoms with Crippen molar-refractivity contribution >= 4 is 23.0 Å². The molecule has 1 atom stereocenters. The Balaban J connectivity index is 1.91. The Morgan fingerprint density at radius 3 is 2.92 bits per heavy atom. The van der Waals surface area contributed by atoms with Crippen molar-refractivity contribution in [1.82, 2.24) is 10.7 Å². The van der Waals surface area contributed by atoms with Gasteiger partial charge in [-0.05, 0) is 55.7 Å². The third-order valence-electron chi connectivity index (χ3n) is 3.84. The van der Waals surface area contributed by atoms with Crippen molar-refractivity contribution in [2.45, 2.75) is 32.5 Å². The number of hydrogen-bond acceptors (Lipinski definition) is 5. The minimum atomic E-state index is 0.244. The van der Waals surface area contributed by atoms with E-state index in [2.05, 4.69) is 15.8 Å². The van der Waals surface area contributed by atoms with Gasteiger partial charge in [0.05, 0.1) is 25.5 Å². The number of methoxy groups -OCH3 is 2. The fraction of sp³-hybridized carbons (Fsp3) is 0.529. The highest BCUT2D eigenvalue weighted by Gasteiger charge is 2.15. The van der Waals surface area contributed by atoms with E-state index in [1.807, 2.05) is 25.1 Å². The smallest absolute Gasteiger partial charge is 0.187 e. The summed E-state index contributed by atoms with van der Waals surface area (Å²) in [6.45, 7) is 3.96. The van der Waals surface area contributed by atoms with Gasteiger partial charge in [-0.2, -0.15) is 5.10 Å². The van der Waals surface area contributed by atoms with Gasteiger partial charge in [-0.25, -0.2) is 0 Å². The number of thiocarbonyl (C=S) groups is 1. The molecule has 0 aromatic heterocycles. The maximum Gasteiger partial charge on any atom is 0.187 e. The summed E-state index contributed by atoms with van der Waals surface area (Å²) in [4.78, 5) is 0. The maximum absolute atomic E-state index is 5.55.